The standard InChI is InChI=1S/C14H13ClN4O2S/c1-7-8(15)2-3-9-10(7)16-13(22-9)19-5-4-14(6-19)11(20)17-12(21)18-14/h2-3H,4-6H2,1H3,(H2,17,18,20,21). The van der Waals surface area contributed by atoms with Crippen molar-refractivity contribution in [3.63, 3.8) is 0 Å². The van der Waals surface area contributed by atoms with Gasteiger partial charge in [0.05, 0.1) is 16.8 Å². The normalized spacial score (nSPS) is 24.4. The highest BCUT2D eigenvalue weighted by atomic mass is 35.5. The van der Waals surface area contributed by atoms with Crippen LogP contribution in [0.15, 0.2) is 12.1 Å². The molecule has 0 aliphatic carbocycles. The number of imide groups is 1. The van der Waals surface area contributed by atoms with Crippen LogP contribution in [-0.2, 0) is 4.79 Å². The van der Waals surface area contributed by atoms with Gasteiger partial charge in [-0.2, -0.15) is 0 Å². The Morgan fingerprint density at radius 1 is 1.41 bits per heavy atom. The van der Waals surface area contributed by atoms with Crippen molar-refractivity contribution in [1.29, 1.82) is 0 Å². The number of hydrogen-bond acceptors (Lipinski definition) is 5. The number of carbonyl (C=O) groups is 2. The summed E-state index contributed by atoms with van der Waals surface area (Å²) >= 11 is 7.71. The van der Waals surface area contributed by atoms with Gasteiger partial charge in [-0.25, -0.2) is 9.78 Å². The Kier molecular flexibility index (Phi) is 2.86. The molecule has 2 aromatic rings. The molecule has 1 aromatic carbocycles. The summed E-state index contributed by atoms with van der Waals surface area (Å²) in [6.07, 6.45) is 0.584. The van der Waals surface area contributed by atoms with E-state index in [2.05, 4.69) is 15.6 Å². The van der Waals surface area contributed by atoms with Gasteiger partial charge in [-0.3, -0.25) is 10.1 Å². The number of carbonyl (C=O) groups excluding carboxylic acids is 2. The Morgan fingerprint density at radius 2 is 2.23 bits per heavy atom. The van der Waals surface area contributed by atoms with Gasteiger partial charge in [0.15, 0.2) is 5.13 Å². The average molecular weight is 337 g/mol. The lowest BCUT2D eigenvalue weighted by Crippen LogP contribution is -2.49. The molecule has 4 rings (SSSR count). The van der Waals surface area contributed by atoms with Gasteiger partial charge in [0.2, 0.25) is 0 Å². The van der Waals surface area contributed by atoms with Crippen LogP contribution in [0.5, 0.6) is 0 Å². The Morgan fingerprint density at radius 3 is 2.95 bits per heavy atom. The van der Waals surface area contributed by atoms with E-state index in [1.54, 1.807) is 11.3 Å². The smallest absolute Gasteiger partial charge is 0.322 e. The molecule has 1 unspecified atom stereocenters. The summed E-state index contributed by atoms with van der Waals surface area (Å²) in [7, 11) is 0. The fourth-order valence-corrected chi connectivity index (χ4v) is 4.22. The molecule has 2 fully saturated rings. The SMILES string of the molecule is Cc1c(Cl)ccc2sc(N3CCC4(C3)NC(=O)NC4=O)nc12. The van der Waals surface area contributed by atoms with Crippen molar-refractivity contribution in [3.05, 3.63) is 22.7 Å². The number of nitrogens with zero attached hydrogens (tertiary/aromatic N) is 2. The van der Waals surface area contributed by atoms with E-state index >= 15 is 0 Å². The molecule has 2 aliphatic rings. The second kappa shape index (κ2) is 4.57. The van der Waals surface area contributed by atoms with Gasteiger partial charge in [0.1, 0.15) is 5.54 Å². The summed E-state index contributed by atoms with van der Waals surface area (Å²) in [6, 6.07) is 3.41. The van der Waals surface area contributed by atoms with Crippen LogP contribution in [0.25, 0.3) is 10.2 Å². The number of nitrogens with one attached hydrogen (secondary N) is 2. The summed E-state index contributed by atoms with van der Waals surface area (Å²) in [5.74, 6) is -0.250. The summed E-state index contributed by atoms with van der Waals surface area (Å²) in [5, 5.41) is 6.61. The van der Waals surface area contributed by atoms with Crippen molar-refractivity contribution in [2.24, 2.45) is 0 Å². The third-order valence-corrected chi connectivity index (χ3v) is 5.78. The van der Waals surface area contributed by atoms with E-state index < -0.39 is 11.6 Å². The number of hydrogen-bond donors (Lipinski definition) is 2. The Bertz CT molecular complexity index is 821. The van der Waals surface area contributed by atoms with Gasteiger partial charge in [0.25, 0.3) is 5.91 Å². The average Bonchev–Trinajstić information content (AvgIpc) is 3.14. The monoisotopic (exact) mass is 336 g/mol. The fourth-order valence-electron chi connectivity index (χ4n) is 3.01. The van der Waals surface area contributed by atoms with Gasteiger partial charge in [-0.1, -0.05) is 22.9 Å². The number of fused-ring (bicyclic) bond motifs is 1. The van der Waals surface area contributed by atoms with Crippen molar-refractivity contribution in [2.75, 3.05) is 18.0 Å². The first-order chi connectivity index (χ1) is 10.5. The number of anilines is 1. The van der Waals surface area contributed by atoms with Gasteiger partial charge in [0, 0.05) is 11.6 Å². The molecule has 2 N–H and O–H groups in total. The third kappa shape index (κ3) is 1.89. The molecule has 22 heavy (non-hydrogen) atoms. The Balaban J connectivity index is 1.68. The molecule has 2 aliphatic heterocycles. The molecule has 8 heteroatoms. The molecule has 0 radical (unpaired) electrons. The van der Waals surface area contributed by atoms with Crippen molar-refractivity contribution in [3.8, 4) is 0 Å². The number of benzene rings is 1. The van der Waals surface area contributed by atoms with Crippen molar-refractivity contribution < 1.29 is 9.59 Å². The zero-order chi connectivity index (χ0) is 15.5. The lowest BCUT2D eigenvalue weighted by atomic mass is 10.00. The Hall–Kier alpha value is -1.86. The fraction of sp³-hybridized carbons (Fsp3) is 0.357. The summed E-state index contributed by atoms with van der Waals surface area (Å²) in [5.41, 5.74) is 1.04. The topological polar surface area (TPSA) is 74.3 Å². The van der Waals surface area contributed by atoms with E-state index in [9.17, 15) is 9.59 Å². The third-order valence-electron chi connectivity index (χ3n) is 4.29. The number of aromatic nitrogens is 1. The second-order valence-electron chi connectivity index (χ2n) is 5.68. The predicted octanol–water partition coefficient (Wildman–Crippen LogP) is 2.05. The maximum Gasteiger partial charge on any atom is 0.322 e. The number of aryl methyl sites for hydroxylation is 1. The van der Waals surface area contributed by atoms with Crippen LogP contribution in [-0.4, -0.2) is 35.6 Å². The molecule has 3 amide bonds. The van der Waals surface area contributed by atoms with Crippen molar-refractivity contribution in [2.45, 2.75) is 18.9 Å². The summed E-state index contributed by atoms with van der Waals surface area (Å²) in [4.78, 5) is 30.1. The van der Waals surface area contributed by atoms with Gasteiger partial charge in [-0.05, 0) is 31.0 Å². The van der Waals surface area contributed by atoms with Crippen LogP contribution in [0.2, 0.25) is 5.02 Å². The first kappa shape index (κ1) is 13.8. The number of halogens is 1. The lowest BCUT2D eigenvalue weighted by Gasteiger charge is -2.20. The minimum Gasteiger partial charge on any atom is -0.345 e. The van der Waals surface area contributed by atoms with E-state index in [-0.39, 0.29) is 5.91 Å². The van der Waals surface area contributed by atoms with E-state index in [0.29, 0.717) is 24.5 Å². The largest absolute Gasteiger partial charge is 0.345 e. The summed E-state index contributed by atoms with van der Waals surface area (Å²) in [6.45, 7) is 3.07. The van der Waals surface area contributed by atoms with Crippen molar-refractivity contribution in [1.82, 2.24) is 15.6 Å². The minimum atomic E-state index is -0.818. The van der Waals surface area contributed by atoms with E-state index in [1.807, 2.05) is 24.0 Å². The maximum atomic E-state index is 12.0. The maximum absolute atomic E-state index is 12.0. The second-order valence-corrected chi connectivity index (χ2v) is 7.09. The molecular formula is C14H13ClN4O2S. The molecule has 114 valence electrons. The summed E-state index contributed by atoms with van der Waals surface area (Å²) < 4.78 is 1.07. The Labute approximate surface area is 135 Å². The number of urea groups is 1. The van der Waals surface area contributed by atoms with Crippen LogP contribution in [0, 0.1) is 6.92 Å². The van der Waals surface area contributed by atoms with Crippen LogP contribution in [0.3, 0.4) is 0 Å². The quantitative estimate of drug-likeness (QED) is 0.782. The van der Waals surface area contributed by atoms with Crippen LogP contribution in [0.4, 0.5) is 9.93 Å². The van der Waals surface area contributed by atoms with Crippen LogP contribution >= 0.6 is 22.9 Å². The van der Waals surface area contributed by atoms with Crippen LogP contribution < -0.4 is 15.5 Å². The van der Waals surface area contributed by atoms with E-state index in [4.69, 9.17) is 11.6 Å². The molecule has 1 spiro atoms. The minimum absolute atomic E-state index is 0.250. The first-order valence-corrected chi connectivity index (χ1v) is 8.12. The highest BCUT2D eigenvalue weighted by Crippen LogP contribution is 2.36. The highest BCUT2D eigenvalue weighted by molar-refractivity contribution is 7.22. The first-order valence-electron chi connectivity index (χ1n) is 6.93. The molecule has 1 aromatic heterocycles. The zero-order valence-electron chi connectivity index (χ0n) is 11.8. The van der Waals surface area contributed by atoms with Gasteiger partial charge >= 0.3 is 6.03 Å². The molecule has 3 heterocycles. The number of thiazole rings is 1. The highest BCUT2D eigenvalue weighted by Gasteiger charge is 2.51. The zero-order valence-corrected chi connectivity index (χ0v) is 13.3. The van der Waals surface area contributed by atoms with Crippen LogP contribution in [0.1, 0.15) is 12.0 Å². The molecule has 1 atom stereocenters. The van der Waals surface area contributed by atoms with E-state index in [1.165, 1.54) is 0 Å². The number of rotatable bonds is 1. The van der Waals surface area contributed by atoms with Gasteiger partial charge < -0.3 is 10.2 Å². The molecule has 0 bridgehead atoms. The molecule has 2 saturated heterocycles. The number of amides is 3. The van der Waals surface area contributed by atoms with E-state index in [0.717, 1.165) is 20.9 Å². The predicted molar refractivity (Wildman–Crippen MR) is 85.6 cm³/mol. The molecule has 6 nitrogen and oxygen atoms in total. The molecular weight excluding hydrogens is 324 g/mol. The molecule has 0 saturated carbocycles. The lowest BCUT2D eigenvalue weighted by molar-refractivity contribution is -0.123. The van der Waals surface area contributed by atoms with Gasteiger partial charge in [-0.15, -0.1) is 0 Å². The van der Waals surface area contributed by atoms with Crippen molar-refractivity contribution >= 4 is 50.2 Å².